The van der Waals surface area contributed by atoms with Gasteiger partial charge in [0.15, 0.2) is 17.3 Å². The minimum atomic E-state index is -0.856. The van der Waals surface area contributed by atoms with Gasteiger partial charge in [0.05, 0.1) is 5.56 Å². The number of phenols is 2. The summed E-state index contributed by atoms with van der Waals surface area (Å²) in [7, 11) is 0. The van der Waals surface area contributed by atoms with Crippen LogP contribution in [0.25, 0.3) is 0 Å². The fourth-order valence-corrected chi connectivity index (χ4v) is 2.08. The zero-order valence-corrected chi connectivity index (χ0v) is 11.8. The third kappa shape index (κ3) is 3.40. The topological polar surface area (TPSA) is 57.5 Å². The molecule has 2 aromatic rings. The van der Waals surface area contributed by atoms with Gasteiger partial charge in [0, 0.05) is 11.6 Å². The minimum Gasteiger partial charge on any atom is -0.504 e. The lowest BCUT2D eigenvalue weighted by Gasteiger charge is -2.06. The second-order valence-corrected chi connectivity index (χ2v) is 4.95. The number of halogens is 1. The lowest BCUT2D eigenvalue weighted by atomic mass is 9.99. The highest BCUT2D eigenvalue weighted by Gasteiger charge is 2.17. The van der Waals surface area contributed by atoms with E-state index < -0.39 is 23.1 Å². The predicted octanol–water partition coefficient (Wildman–Crippen LogP) is 3.81. The zero-order valence-electron chi connectivity index (χ0n) is 11.8. The van der Waals surface area contributed by atoms with E-state index in [-0.39, 0.29) is 5.56 Å². The Labute approximate surface area is 122 Å². The summed E-state index contributed by atoms with van der Waals surface area (Å²) >= 11 is 0. The molecule has 0 spiro atoms. The Balaban J connectivity index is 2.26. The average molecular weight is 288 g/mol. The maximum absolute atomic E-state index is 13.7. The molecule has 0 aliphatic heterocycles. The maximum Gasteiger partial charge on any atom is 0.196 e. The molecule has 110 valence electrons. The molecule has 0 aromatic heterocycles. The van der Waals surface area contributed by atoms with E-state index in [9.17, 15) is 19.4 Å². The Bertz CT molecular complexity index is 648. The second-order valence-electron chi connectivity index (χ2n) is 4.95. The summed E-state index contributed by atoms with van der Waals surface area (Å²) in [5.74, 6) is -2.48. The van der Waals surface area contributed by atoms with Crippen LogP contribution in [-0.4, -0.2) is 16.0 Å². The highest BCUT2D eigenvalue weighted by molar-refractivity contribution is 6.09. The van der Waals surface area contributed by atoms with Gasteiger partial charge in [-0.1, -0.05) is 37.6 Å². The maximum atomic E-state index is 13.7. The van der Waals surface area contributed by atoms with Gasteiger partial charge in [-0.15, -0.1) is 0 Å². The molecule has 0 saturated carbocycles. The van der Waals surface area contributed by atoms with Crippen molar-refractivity contribution in [3.8, 4) is 11.5 Å². The SMILES string of the molecule is CCCCc1ccc(C(=O)c2cc(O)c(O)cc2F)cc1. The van der Waals surface area contributed by atoms with E-state index in [0.29, 0.717) is 5.56 Å². The van der Waals surface area contributed by atoms with Crippen LogP contribution in [0.5, 0.6) is 11.5 Å². The normalized spacial score (nSPS) is 10.6. The van der Waals surface area contributed by atoms with Crippen LogP contribution in [0.15, 0.2) is 36.4 Å². The number of aryl methyl sites for hydroxylation is 1. The number of carbonyl (C=O) groups is 1. The lowest BCUT2D eigenvalue weighted by molar-refractivity contribution is 0.103. The van der Waals surface area contributed by atoms with E-state index in [4.69, 9.17) is 0 Å². The molecule has 0 bridgehead atoms. The first-order valence-electron chi connectivity index (χ1n) is 6.88. The van der Waals surface area contributed by atoms with Gasteiger partial charge in [-0.25, -0.2) is 4.39 Å². The number of carbonyl (C=O) groups excluding carboxylic acids is 1. The van der Waals surface area contributed by atoms with Crippen molar-refractivity contribution < 1.29 is 19.4 Å². The Morgan fingerprint density at radius 3 is 2.33 bits per heavy atom. The van der Waals surface area contributed by atoms with E-state index in [0.717, 1.165) is 37.0 Å². The molecular weight excluding hydrogens is 271 g/mol. The zero-order chi connectivity index (χ0) is 15.4. The predicted molar refractivity (Wildman–Crippen MR) is 78.2 cm³/mol. The van der Waals surface area contributed by atoms with Crippen LogP contribution < -0.4 is 0 Å². The summed E-state index contributed by atoms with van der Waals surface area (Å²) in [4.78, 5) is 12.2. The molecule has 0 aliphatic rings. The van der Waals surface area contributed by atoms with Crippen molar-refractivity contribution >= 4 is 5.78 Å². The molecule has 0 fully saturated rings. The molecule has 0 saturated heterocycles. The fraction of sp³-hybridized carbons (Fsp3) is 0.235. The van der Waals surface area contributed by atoms with Crippen molar-refractivity contribution in [1.82, 2.24) is 0 Å². The summed E-state index contributed by atoms with van der Waals surface area (Å²) in [6.07, 6.45) is 3.12. The molecule has 2 N–H and O–H groups in total. The van der Waals surface area contributed by atoms with Crippen molar-refractivity contribution in [3.63, 3.8) is 0 Å². The average Bonchev–Trinajstić information content (AvgIpc) is 2.48. The van der Waals surface area contributed by atoms with Crippen LogP contribution in [0.1, 0.15) is 41.3 Å². The smallest absolute Gasteiger partial charge is 0.196 e. The second kappa shape index (κ2) is 6.39. The summed E-state index contributed by atoms with van der Waals surface area (Å²) in [6.45, 7) is 2.11. The van der Waals surface area contributed by atoms with Gasteiger partial charge >= 0.3 is 0 Å². The first kappa shape index (κ1) is 15.0. The van der Waals surface area contributed by atoms with Gasteiger partial charge in [0.25, 0.3) is 0 Å². The van der Waals surface area contributed by atoms with Gasteiger partial charge in [0.1, 0.15) is 5.82 Å². The van der Waals surface area contributed by atoms with Gasteiger partial charge in [-0.3, -0.25) is 4.79 Å². The van der Waals surface area contributed by atoms with Crippen LogP contribution in [0, 0.1) is 5.82 Å². The molecule has 0 atom stereocenters. The highest BCUT2D eigenvalue weighted by atomic mass is 19.1. The number of rotatable bonds is 5. The van der Waals surface area contributed by atoms with Gasteiger partial charge in [-0.05, 0) is 24.5 Å². The van der Waals surface area contributed by atoms with Crippen molar-refractivity contribution in [1.29, 1.82) is 0 Å². The third-order valence-electron chi connectivity index (χ3n) is 3.34. The van der Waals surface area contributed by atoms with Gasteiger partial charge in [0.2, 0.25) is 0 Å². The molecule has 21 heavy (non-hydrogen) atoms. The van der Waals surface area contributed by atoms with Crippen molar-refractivity contribution in [3.05, 3.63) is 58.9 Å². The molecule has 4 heteroatoms. The molecule has 2 rings (SSSR count). The van der Waals surface area contributed by atoms with Crippen molar-refractivity contribution in [2.45, 2.75) is 26.2 Å². The molecule has 2 aromatic carbocycles. The summed E-state index contributed by atoms with van der Waals surface area (Å²) in [5.41, 5.74) is 1.22. The number of benzene rings is 2. The fourth-order valence-electron chi connectivity index (χ4n) is 2.08. The van der Waals surface area contributed by atoms with Crippen LogP contribution in [0.4, 0.5) is 4.39 Å². The van der Waals surface area contributed by atoms with Crippen LogP contribution in [0.2, 0.25) is 0 Å². The molecule has 0 unspecified atom stereocenters. The van der Waals surface area contributed by atoms with Gasteiger partial charge in [-0.2, -0.15) is 0 Å². The molecule has 0 aliphatic carbocycles. The highest BCUT2D eigenvalue weighted by Crippen LogP contribution is 2.28. The monoisotopic (exact) mass is 288 g/mol. The van der Waals surface area contributed by atoms with E-state index in [2.05, 4.69) is 6.92 Å². The Hall–Kier alpha value is -2.36. The lowest BCUT2D eigenvalue weighted by Crippen LogP contribution is -2.04. The molecule has 0 heterocycles. The van der Waals surface area contributed by atoms with E-state index in [1.165, 1.54) is 0 Å². The molecule has 3 nitrogen and oxygen atoms in total. The summed E-state index contributed by atoms with van der Waals surface area (Å²) in [5, 5.41) is 18.6. The van der Waals surface area contributed by atoms with Crippen molar-refractivity contribution in [2.75, 3.05) is 0 Å². The Morgan fingerprint density at radius 2 is 1.71 bits per heavy atom. The first-order valence-corrected chi connectivity index (χ1v) is 6.88. The standard InChI is InChI=1S/C17H17FO3/c1-2-3-4-11-5-7-12(8-6-11)17(21)13-9-15(19)16(20)10-14(13)18/h5-10,19-20H,2-4H2,1H3. The molecular formula is C17H17FO3. The number of hydrogen-bond donors (Lipinski definition) is 2. The number of phenolic OH excluding ortho intramolecular Hbond substituents is 2. The number of ketones is 1. The molecule has 0 amide bonds. The summed E-state index contributed by atoms with van der Waals surface area (Å²) in [6, 6.07) is 8.67. The van der Waals surface area contributed by atoms with Crippen LogP contribution in [-0.2, 0) is 6.42 Å². The van der Waals surface area contributed by atoms with E-state index >= 15 is 0 Å². The number of unbranched alkanes of at least 4 members (excludes halogenated alkanes) is 1. The summed E-state index contributed by atoms with van der Waals surface area (Å²) < 4.78 is 13.7. The quantitative estimate of drug-likeness (QED) is 0.649. The van der Waals surface area contributed by atoms with Crippen molar-refractivity contribution in [2.24, 2.45) is 0 Å². The largest absolute Gasteiger partial charge is 0.504 e. The molecule has 0 radical (unpaired) electrons. The third-order valence-corrected chi connectivity index (χ3v) is 3.34. The Kier molecular flexibility index (Phi) is 4.58. The minimum absolute atomic E-state index is 0.258. The first-order chi connectivity index (χ1) is 10.0. The number of hydrogen-bond acceptors (Lipinski definition) is 3. The van der Waals surface area contributed by atoms with E-state index in [1.807, 2.05) is 12.1 Å². The van der Waals surface area contributed by atoms with Crippen LogP contribution in [0.3, 0.4) is 0 Å². The number of aromatic hydroxyl groups is 2. The van der Waals surface area contributed by atoms with Gasteiger partial charge < -0.3 is 10.2 Å². The Morgan fingerprint density at radius 1 is 1.10 bits per heavy atom. The van der Waals surface area contributed by atoms with E-state index in [1.54, 1.807) is 12.1 Å². The van der Waals surface area contributed by atoms with Crippen LogP contribution >= 0.6 is 0 Å².